The molecule has 1 N–H and O–H groups in total. The Balaban J connectivity index is 3.04. The predicted octanol–water partition coefficient (Wildman–Crippen LogP) is 4.14. The van der Waals surface area contributed by atoms with Crippen molar-refractivity contribution in [3.63, 3.8) is 0 Å². The summed E-state index contributed by atoms with van der Waals surface area (Å²) in [6.45, 7) is 6.19. The van der Waals surface area contributed by atoms with Gasteiger partial charge in [0.15, 0.2) is 0 Å². The third-order valence-electron chi connectivity index (χ3n) is 3.23. The van der Waals surface area contributed by atoms with Crippen LogP contribution in [0.4, 0.5) is 10.1 Å². The first-order valence-electron chi connectivity index (χ1n) is 7.29. The summed E-state index contributed by atoms with van der Waals surface area (Å²) in [5.41, 5.74) is -0.159. The highest BCUT2D eigenvalue weighted by atomic mass is 19.1. The van der Waals surface area contributed by atoms with Crippen molar-refractivity contribution in [1.29, 1.82) is 0 Å². The molecule has 0 aliphatic rings. The molecule has 0 spiro atoms. The highest BCUT2D eigenvalue weighted by Gasteiger charge is 2.38. The summed E-state index contributed by atoms with van der Waals surface area (Å²) >= 11 is 0. The van der Waals surface area contributed by atoms with Crippen LogP contribution in [-0.4, -0.2) is 18.1 Å². The number of rotatable bonds is 8. The Hall–Kier alpha value is -1.58. The van der Waals surface area contributed by atoms with E-state index in [0.29, 0.717) is 25.1 Å². The van der Waals surface area contributed by atoms with Crippen LogP contribution in [-0.2, 0) is 9.53 Å². The van der Waals surface area contributed by atoms with E-state index in [-0.39, 0.29) is 11.8 Å². The fourth-order valence-electron chi connectivity index (χ4n) is 2.47. The van der Waals surface area contributed by atoms with Gasteiger partial charge in [0.2, 0.25) is 0 Å². The number of ether oxygens (including phenoxy) is 1. The van der Waals surface area contributed by atoms with E-state index in [0.717, 1.165) is 12.8 Å². The molecule has 0 amide bonds. The zero-order valence-electron chi connectivity index (χ0n) is 12.5. The lowest BCUT2D eigenvalue weighted by Crippen LogP contribution is -2.47. The first kappa shape index (κ1) is 16.5. The average Bonchev–Trinajstić information content (AvgIpc) is 2.39. The third kappa shape index (κ3) is 4.22. The Morgan fingerprint density at radius 3 is 2.40 bits per heavy atom. The van der Waals surface area contributed by atoms with Crippen molar-refractivity contribution in [1.82, 2.24) is 0 Å². The van der Waals surface area contributed by atoms with E-state index >= 15 is 0 Å². The molecular weight excluding hydrogens is 257 g/mol. The normalized spacial score (nSPS) is 11.2. The Kier molecular flexibility index (Phi) is 6.49. The van der Waals surface area contributed by atoms with E-state index in [1.807, 2.05) is 13.8 Å². The number of nitrogens with one attached hydrogen (secondary N) is 1. The standard InChI is InChI=1S/C16H24FNO2/c1-4-10-16(11-5-2,15(19)20-6-3)18-14-9-7-8-13(17)12-14/h7-9,12,18H,4-6,10-11H2,1-3H3. The molecule has 0 fully saturated rings. The number of halogens is 1. The van der Waals surface area contributed by atoms with Crippen LogP contribution in [0.3, 0.4) is 0 Å². The van der Waals surface area contributed by atoms with Crippen LogP contribution in [0.5, 0.6) is 0 Å². The van der Waals surface area contributed by atoms with Crippen molar-refractivity contribution in [3.8, 4) is 0 Å². The van der Waals surface area contributed by atoms with Crippen LogP contribution < -0.4 is 5.32 Å². The van der Waals surface area contributed by atoms with Crippen LogP contribution >= 0.6 is 0 Å². The lowest BCUT2D eigenvalue weighted by molar-refractivity contribution is -0.149. The number of carbonyl (C=O) groups is 1. The minimum atomic E-state index is -0.771. The fraction of sp³-hybridized carbons (Fsp3) is 0.562. The van der Waals surface area contributed by atoms with E-state index in [4.69, 9.17) is 4.74 Å². The summed E-state index contributed by atoms with van der Waals surface area (Å²) in [4.78, 5) is 12.4. The molecule has 0 aliphatic heterocycles. The minimum absolute atomic E-state index is 0.257. The molecule has 20 heavy (non-hydrogen) atoms. The van der Waals surface area contributed by atoms with E-state index < -0.39 is 5.54 Å². The van der Waals surface area contributed by atoms with E-state index in [1.54, 1.807) is 19.1 Å². The smallest absolute Gasteiger partial charge is 0.331 e. The molecule has 1 rings (SSSR count). The highest BCUT2D eigenvalue weighted by molar-refractivity contribution is 5.84. The van der Waals surface area contributed by atoms with Gasteiger partial charge in [-0.15, -0.1) is 0 Å². The maximum Gasteiger partial charge on any atom is 0.331 e. The van der Waals surface area contributed by atoms with Crippen molar-refractivity contribution in [2.24, 2.45) is 0 Å². The zero-order chi connectivity index (χ0) is 15.0. The van der Waals surface area contributed by atoms with Crippen LogP contribution in [0.25, 0.3) is 0 Å². The van der Waals surface area contributed by atoms with Crippen LogP contribution in [0.2, 0.25) is 0 Å². The highest BCUT2D eigenvalue weighted by Crippen LogP contribution is 2.27. The quantitative estimate of drug-likeness (QED) is 0.728. The maximum absolute atomic E-state index is 13.3. The molecule has 0 bridgehead atoms. The van der Waals surface area contributed by atoms with Crippen molar-refractivity contribution in [2.75, 3.05) is 11.9 Å². The molecular formula is C16H24FNO2. The number of hydrogen-bond donors (Lipinski definition) is 1. The Morgan fingerprint density at radius 2 is 1.90 bits per heavy atom. The molecule has 3 nitrogen and oxygen atoms in total. The van der Waals surface area contributed by atoms with Gasteiger partial charge in [0, 0.05) is 5.69 Å². The van der Waals surface area contributed by atoms with Gasteiger partial charge >= 0.3 is 5.97 Å². The molecule has 0 unspecified atom stereocenters. The molecule has 0 aromatic heterocycles. The minimum Gasteiger partial charge on any atom is -0.464 e. The van der Waals surface area contributed by atoms with Gasteiger partial charge in [-0.1, -0.05) is 32.8 Å². The molecule has 0 atom stereocenters. The molecule has 0 heterocycles. The Labute approximate surface area is 120 Å². The Morgan fingerprint density at radius 1 is 1.25 bits per heavy atom. The third-order valence-corrected chi connectivity index (χ3v) is 3.23. The first-order valence-corrected chi connectivity index (χ1v) is 7.29. The molecule has 1 aromatic rings. The van der Waals surface area contributed by atoms with Gasteiger partial charge < -0.3 is 10.1 Å². The summed E-state index contributed by atoms with van der Waals surface area (Å²) in [5.74, 6) is -0.575. The molecule has 0 radical (unpaired) electrons. The van der Waals surface area contributed by atoms with Gasteiger partial charge in [-0.05, 0) is 38.0 Å². The summed E-state index contributed by atoms with van der Waals surface area (Å²) in [7, 11) is 0. The summed E-state index contributed by atoms with van der Waals surface area (Å²) in [6.07, 6.45) is 3.02. The molecule has 0 aliphatic carbocycles. The van der Waals surface area contributed by atoms with Gasteiger partial charge in [-0.3, -0.25) is 0 Å². The lowest BCUT2D eigenvalue weighted by Gasteiger charge is -2.33. The number of hydrogen-bond acceptors (Lipinski definition) is 3. The maximum atomic E-state index is 13.3. The molecule has 1 aromatic carbocycles. The second kappa shape index (κ2) is 7.88. The molecule has 112 valence electrons. The number of esters is 1. The van der Waals surface area contributed by atoms with Crippen LogP contribution in [0.1, 0.15) is 46.5 Å². The number of anilines is 1. The van der Waals surface area contributed by atoms with Crippen LogP contribution in [0.15, 0.2) is 24.3 Å². The Bertz CT molecular complexity index is 428. The van der Waals surface area contributed by atoms with Gasteiger partial charge in [0.05, 0.1) is 6.61 Å². The van der Waals surface area contributed by atoms with Crippen molar-refractivity contribution < 1.29 is 13.9 Å². The molecule has 0 saturated heterocycles. The summed E-state index contributed by atoms with van der Waals surface area (Å²) in [6, 6.07) is 6.18. The zero-order valence-corrected chi connectivity index (χ0v) is 12.5. The van der Waals surface area contributed by atoms with Gasteiger partial charge in [0.25, 0.3) is 0 Å². The van der Waals surface area contributed by atoms with Crippen molar-refractivity contribution in [2.45, 2.75) is 52.0 Å². The van der Waals surface area contributed by atoms with E-state index in [2.05, 4.69) is 5.32 Å². The molecule has 4 heteroatoms. The summed E-state index contributed by atoms with van der Waals surface area (Å²) < 4.78 is 18.5. The first-order chi connectivity index (χ1) is 9.57. The van der Waals surface area contributed by atoms with Crippen molar-refractivity contribution >= 4 is 11.7 Å². The van der Waals surface area contributed by atoms with Crippen LogP contribution in [0, 0.1) is 5.82 Å². The summed E-state index contributed by atoms with van der Waals surface area (Å²) in [5, 5.41) is 3.21. The SMILES string of the molecule is CCCC(CCC)(Nc1cccc(F)c1)C(=O)OCC. The number of benzene rings is 1. The average molecular weight is 281 g/mol. The van der Waals surface area contributed by atoms with E-state index in [9.17, 15) is 9.18 Å². The monoisotopic (exact) mass is 281 g/mol. The number of carbonyl (C=O) groups excluding carboxylic acids is 1. The topological polar surface area (TPSA) is 38.3 Å². The fourth-order valence-corrected chi connectivity index (χ4v) is 2.47. The largest absolute Gasteiger partial charge is 0.464 e. The van der Waals surface area contributed by atoms with Crippen molar-refractivity contribution in [3.05, 3.63) is 30.1 Å². The predicted molar refractivity (Wildman–Crippen MR) is 79.2 cm³/mol. The molecule has 0 saturated carbocycles. The van der Waals surface area contributed by atoms with Gasteiger partial charge in [-0.25, -0.2) is 9.18 Å². The lowest BCUT2D eigenvalue weighted by atomic mass is 9.88. The second-order valence-electron chi connectivity index (χ2n) is 4.94. The van der Waals surface area contributed by atoms with E-state index in [1.165, 1.54) is 12.1 Å². The van der Waals surface area contributed by atoms with Gasteiger partial charge in [0.1, 0.15) is 11.4 Å². The van der Waals surface area contributed by atoms with Gasteiger partial charge in [-0.2, -0.15) is 0 Å². The second-order valence-corrected chi connectivity index (χ2v) is 4.94.